The maximum atomic E-state index is 3.43. The molecule has 4 atom stereocenters. The summed E-state index contributed by atoms with van der Waals surface area (Å²) in [6, 6.07) is 3.81. The molecule has 8 heavy (non-hydrogen) atoms. The SMILES string of the molecule is CCN1C2C3NC3C21. The van der Waals surface area contributed by atoms with Gasteiger partial charge in [-0.15, -0.1) is 0 Å². The zero-order chi connectivity index (χ0) is 5.30. The molecule has 44 valence electrons. The maximum absolute atomic E-state index is 3.43. The fourth-order valence-corrected chi connectivity index (χ4v) is 2.22. The highest BCUT2D eigenvalue weighted by Gasteiger charge is 2.75. The van der Waals surface area contributed by atoms with Gasteiger partial charge in [0.05, 0.1) is 0 Å². The number of hydrogen-bond acceptors (Lipinski definition) is 2. The minimum absolute atomic E-state index is 0.931. The van der Waals surface area contributed by atoms with Crippen molar-refractivity contribution in [1.29, 1.82) is 0 Å². The van der Waals surface area contributed by atoms with E-state index in [1.807, 2.05) is 0 Å². The molecule has 1 aliphatic carbocycles. The second-order valence-electron chi connectivity index (χ2n) is 3.03. The second-order valence-corrected chi connectivity index (χ2v) is 3.03. The van der Waals surface area contributed by atoms with E-state index in [1.54, 1.807) is 0 Å². The van der Waals surface area contributed by atoms with E-state index in [1.165, 1.54) is 6.54 Å². The monoisotopic (exact) mass is 110 g/mol. The second kappa shape index (κ2) is 0.847. The summed E-state index contributed by atoms with van der Waals surface area (Å²) in [5, 5.41) is 3.43. The van der Waals surface area contributed by atoms with Gasteiger partial charge in [-0.1, -0.05) is 6.92 Å². The van der Waals surface area contributed by atoms with Crippen LogP contribution in [0.2, 0.25) is 0 Å². The van der Waals surface area contributed by atoms with Crippen LogP contribution in [0, 0.1) is 0 Å². The van der Waals surface area contributed by atoms with E-state index >= 15 is 0 Å². The molecule has 0 spiro atoms. The summed E-state index contributed by atoms with van der Waals surface area (Å²) < 4.78 is 0. The summed E-state index contributed by atoms with van der Waals surface area (Å²) in [6.07, 6.45) is 0. The Morgan fingerprint density at radius 2 is 2.00 bits per heavy atom. The van der Waals surface area contributed by atoms with Crippen molar-refractivity contribution in [2.24, 2.45) is 0 Å². The van der Waals surface area contributed by atoms with E-state index < -0.39 is 0 Å². The molecule has 2 heterocycles. The molecule has 0 amide bonds. The number of fused-ring (bicyclic) bond motifs is 4. The van der Waals surface area contributed by atoms with Gasteiger partial charge in [0.25, 0.3) is 0 Å². The van der Waals surface area contributed by atoms with Gasteiger partial charge in [-0.05, 0) is 6.54 Å². The smallest absolute Gasteiger partial charge is 0.0440 e. The van der Waals surface area contributed by atoms with Crippen LogP contribution in [0.1, 0.15) is 6.92 Å². The van der Waals surface area contributed by atoms with Crippen molar-refractivity contribution in [3.8, 4) is 0 Å². The van der Waals surface area contributed by atoms with Crippen molar-refractivity contribution in [1.82, 2.24) is 10.2 Å². The summed E-state index contributed by atoms with van der Waals surface area (Å²) in [5.41, 5.74) is 0. The van der Waals surface area contributed by atoms with Gasteiger partial charge >= 0.3 is 0 Å². The van der Waals surface area contributed by atoms with Crippen molar-refractivity contribution in [3.63, 3.8) is 0 Å². The van der Waals surface area contributed by atoms with E-state index in [0.717, 1.165) is 24.2 Å². The van der Waals surface area contributed by atoms with E-state index in [4.69, 9.17) is 0 Å². The van der Waals surface area contributed by atoms with Gasteiger partial charge in [0.15, 0.2) is 0 Å². The van der Waals surface area contributed by atoms with E-state index in [0.29, 0.717) is 0 Å². The van der Waals surface area contributed by atoms with E-state index in [-0.39, 0.29) is 0 Å². The molecule has 0 aromatic rings. The van der Waals surface area contributed by atoms with Gasteiger partial charge in [-0.3, -0.25) is 4.90 Å². The van der Waals surface area contributed by atoms with Crippen LogP contribution in [0.3, 0.4) is 0 Å². The average molecular weight is 110 g/mol. The molecule has 2 nitrogen and oxygen atoms in total. The molecule has 4 unspecified atom stereocenters. The van der Waals surface area contributed by atoms with Gasteiger partial charge in [0.2, 0.25) is 0 Å². The van der Waals surface area contributed by atoms with Crippen molar-refractivity contribution in [3.05, 3.63) is 0 Å². The molecule has 1 saturated carbocycles. The van der Waals surface area contributed by atoms with Gasteiger partial charge in [-0.25, -0.2) is 0 Å². The van der Waals surface area contributed by atoms with Crippen LogP contribution in [-0.2, 0) is 0 Å². The fraction of sp³-hybridized carbons (Fsp3) is 1.00. The average Bonchev–Trinajstić information content (AvgIpc) is 2.45. The minimum Gasteiger partial charge on any atom is -0.305 e. The van der Waals surface area contributed by atoms with Crippen molar-refractivity contribution >= 4 is 0 Å². The number of likely N-dealkylation sites (tertiary alicyclic amines) is 1. The Hall–Kier alpha value is -0.0800. The summed E-state index contributed by atoms with van der Waals surface area (Å²) in [6.45, 7) is 3.52. The lowest BCUT2D eigenvalue weighted by Crippen LogP contribution is -2.20. The van der Waals surface area contributed by atoms with Crippen LogP contribution in [-0.4, -0.2) is 35.6 Å². The standard InChI is InChI=1S/C6H10N2/c1-2-8-5-3-4(7-3)6(5)8/h3-7H,2H2,1H3. The highest BCUT2D eigenvalue weighted by molar-refractivity contribution is 5.37. The predicted molar refractivity (Wildman–Crippen MR) is 30.7 cm³/mol. The summed E-state index contributed by atoms with van der Waals surface area (Å²) in [4.78, 5) is 2.58. The Bertz CT molecular complexity index is 125. The molecule has 3 rings (SSSR count). The molecule has 2 saturated heterocycles. The third-order valence-corrected chi connectivity index (χ3v) is 2.79. The zero-order valence-electron chi connectivity index (χ0n) is 4.96. The van der Waals surface area contributed by atoms with E-state index in [2.05, 4.69) is 17.1 Å². The van der Waals surface area contributed by atoms with Crippen LogP contribution in [0.4, 0.5) is 0 Å². The molecule has 0 bridgehead atoms. The lowest BCUT2D eigenvalue weighted by atomic mass is 10.0. The molecule has 3 fully saturated rings. The Morgan fingerprint density at radius 3 is 2.38 bits per heavy atom. The lowest BCUT2D eigenvalue weighted by Gasteiger charge is -1.96. The molecular weight excluding hydrogens is 100 g/mol. The fourth-order valence-electron chi connectivity index (χ4n) is 2.22. The summed E-state index contributed by atoms with van der Waals surface area (Å²) >= 11 is 0. The molecule has 3 aliphatic rings. The highest BCUT2D eigenvalue weighted by Crippen LogP contribution is 2.53. The largest absolute Gasteiger partial charge is 0.305 e. The molecule has 2 heteroatoms. The first-order valence-corrected chi connectivity index (χ1v) is 3.45. The van der Waals surface area contributed by atoms with Crippen LogP contribution in [0.25, 0.3) is 0 Å². The molecule has 0 aromatic heterocycles. The number of rotatable bonds is 1. The zero-order valence-corrected chi connectivity index (χ0v) is 4.96. The third kappa shape index (κ3) is 0.213. The van der Waals surface area contributed by atoms with Gasteiger partial charge in [0, 0.05) is 24.2 Å². The first-order chi connectivity index (χ1) is 3.93. The van der Waals surface area contributed by atoms with Crippen LogP contribution >= 0.6 is 0 Å². The van der Waals surface area contributed by atoms with Crippen LogP contribution in [0.15, 0.2) is 0 Å². The van der Waals surface area contributed by atoms with Crippen LogP contribution < -0.4 is 5.32 Å². The molecular formula is C6H10N2. The van der Waals surface area contributed by atoms with Crippen molar-refractivity contribution in [2.45, 2.75) is 31.1 Å². The van der Waals surface area contributed by atoms with Gasteiger partial charge in [0.1, 0.15) is 0 Å². The number of piperazine rings is 1. The normalized spacial score (nSPS) is 72.4. The van der Waals surface area contributed by atoms with Crippen molar-refractivity contribution < 1.29 is 0 Å². The topological polar surface area (TPSA) is 25.0 Å². The Kier molecular flexibility index (Phi) is 0.408. The lowest BCUT2D eigenvalue weighted by molar-refractivity contribution is 0.522. The number of nitrogens with zero attached hydrogens (tertiary/aromatic N) is 1. The Balaban J connectivity index is 1.82. The van der Waals surface area contributed by atoms with Crippen molar-refractivity contribution in [2.75, 3.05) is 6.54 Å². The predicted octanol–water partition coefficient (Wildman–Crippen LogP) is -0.587. The molecule has 0 aromatic carbocycles. The first-order valence-electron chi connectivity index (χ1n) is 3.45. The minimum atomic E-state index is 0.931. The summed E-state index contributed by atoms with van der Waals surface area (Å²) in [7, 11) is 0. The van der Waals surface area contributed by atoms with Crippen LogP contribution in [0.5, 0.6) is 0 Å². The molecule has 0 radical (unpaired) electrons. The van der Waals surface area contributed by atoms with Gasteiger partial charge in [-0.2, -0.15) is 0 Å². The van der Waals surface area contributed by atoms with Gasteiger partial charge < -0.3 is 5.32 Å². The highest BCUT2D eigenvalue weighted by atomic mass is 15.5. The maximum Gasteiger partial charge on any atom is 0.0440 e. The quantitative estimate of drug-likeness (QED) is 0.456. The summed E-state index contributed by atoms with van der Waals surface area (Å²) in [5.74, 6) is 0. The molecule has 2 aliphatic heterocycles. The number of hydrogen-bond donors (Lipinski definition) is 1. The Morgan fingerprint density at radius 1 is 1.38 bits per heavy atom. The Labute approximate surface area is 48.9 Å². The third-order valence-electron chi connectivity index (χ3n) is 2.79. The van der Waals surface area contributed by atoms with E-state index in [9.17, 15) is 0 Å². The number of likely N-dealkylation sites (N-methyl/N-ethyl adjacent to an activating group) is 1. The number of nitrogens with one attached hydrogen (secondary N) is 1. The molecule has 1 N–H and O–H groups in total. The first kappa shape index (κ1) is 3.85.